The predicted octanol–water partition coefficient (Wildman–Crippen LogP) is 2.71. The number of hydrazine groups is 1. The molecule has 0 aliphatic heterocycles. The maximum absolute atomic E-state index is 11.7. The number of rotatable bonds is 5. The molecule has 0 saturated heterocycles. The number of nitrogens with zero attached hydrogens (tertiary/aromatic N) is 1. The standard InChI is InChI=1S/C16H17N3O2S2/c1-11-3-6-14(7-4-11)23-10-16(21)19-18-15(20)8-5-13-9-22-12(2)17-13/h3-9H,10H2,1-2H3,(H,18,20)(H,19,21)/b8-5+. The van der Waals surface area contributed by atoms with Crippen LogP contribution in [0.2, 0.25) is 0 Å². The van der Waals surface area contributed by atoms with Gasteiger partial charge in [-0.05, 0) is 32.1 Å². The molecule has 1 aromatic carbocycles. The van der Waals surface area contributed by atoms with Gasteiger partial charge in [-0.2, -0.15) is 0 Å². The summed E-state index contributed by atoms with van der Waals surface area (Å²) in [4.78, 5) is 28.5. The van der Waals surface area contributed by atoms with Gasteiger partial charge in [0.25, 0.3) is 5.91 Å². The minimum absolute atomic E-state index is 0.234. The third kappa shape index (κ3) is 6.25. The van der Waals surface area contributed by atoms with Crippen molar-refractivity contribution in [2.75, 3.05) is 5.75 Å². The Morgan fingerprint density at radius 1 is 1.22 bits per heavy atom. The molecule has 23 heavy (non-hydrogen) atoms. The van der Waals surface area contributed by atoms with Crippen LogP contribution < -0.4 is 10.9 Å². The van der Waals surface area contributed by atoms with E-state index in [2.05, 4.69) is 15.8 Å². The number of thioether (sulfide) groups is 1. The fourth-order valence-electron chi connectivity index (χ4n) is 1.61. The maximum Gasteiger partial charge on any atom is 0.262 e. The highest BCUT2D eigenvalue weighted by Gasteiger charge is 2.04. The zero-order valence-corrected chi connectivity index (χ0v) is 14.5. The Bertz CT molecular complexity index is 708. The summed E-state index contributed by atoms with van der Waals surface area (Å²) in [6, 6.07) is 7.91. The maximum atomic E-state index is 11.7. The van der Waals surface area contributed by atoms with Crippen LogP contribution in [-0.4, -0.2) is 22.6 Å². The zero-order chi connectivity index (χ0) is 16.7. The number of hydrogen-bond acceptors (Lipinski definition) is 5. The molecule has 1 aromatic heterocycles. The summed E-state index contributed by atoms with van der Waals surface area (Å²) in [5.41, 5.74) is 6.62. The van der Waals surface area contributed by atoms with E-state index in [1.54, 1.807) is 6.08 Å². The van der Waals surface area contributed by atoms with Crippen LogP contribution in [-0.2, 0) is 9.59 Å². The summed E-state index contributed by atoms with van der Waals surface area (Å²) in [5.74, 6) is -0.426. The summed E-state index contributed by atoms with van der Waals surface area (Å²) in [6.45, 7) is 3.91. The van der Waals surface area contributed by atoms with Crippen molar-refractivity contribution < 1.29 is 9.59 Å². The first-order valence-corrected chi connectivity index (χ1v) is 8.78. The van der Waals surface area contributed by atoms with Crippen molar-refractivity contribution >= 4 is 41.0 Å². The quantitative estimate of drug-likeness (QED) is 0.496. The number of aromatic nitrogens is 1. The van der Waals surface area contributed by atoms with Crippen LogP contribution in [0.25, 0.3) is 6.08 Å². The summed E-state index contributed by atoms with van der Waals surface area (Å²) in [7, 11) is 0. The van der Waals surface area contributed by atoms with Gasteiger partial charge in [0, 0.05) is 16.4 Å². The second-order valence-corrected chi connectivity index (χ2v) is 6.87. The van der Waals surface area contributed by atoms with Crippen LogP contribution in [0.4, 0.5) is 0 Å². The molecular formula is C16H17N3O2S2. The lowest BCUT2D eigenvalue weighted by atomic mass is 10.2. The minimum Gasteiger partial charge on any atom is -0.272 e. The Balaban J connectivity index is 1.70. The van der Waals surface area contributed by atoms with Crippen molar-refractivity contribution in [3.63, 3.8) is 0 Å². The van der Waals surface area contributed by atoms with Gasteiger partial charge in [-0.15, -0.1) is 23.1 Å². The minimum atomic E-state index is -0.399. The lowest BCUT2D eigenvalue weighted by molar-refractivity contribution is -0.125. The van der Waals surface area contributed by atoms with E-state index in [0.29, 0.717) is 0 Å². The number of carbonyl (C=O) groups is 2. The molecule has 0 radical (unpaired) electrons. The highest BCUT2D eigenvalue weighted by molar-refractivity contribution is 8.00. The number of carbonyl (C=O) groups excluding carboxylic acids is 2. The smallest absolute Gasteiger partial charge is 0.262 e. The molecule has 0 saturated carbocycles. The van der Waals surface area contributed by atoms with Crippen LogP contribution in [0.1, 0.15) is 16.3 Å². The van der Waals surface area contributed by atoms with Crippen molar-refractivity contribution in [2.24, 2.45) is 0 Å². The van der Waals surface area contributed by atoms with Gasteiger partial charge in [-0.25, -0.2) is 4.98 Å². The van der Waals surface area contributed by atoms with E-state index in [1.807, 2.05) is 43.5 Å². The summed E-state index contributed by atoms with van der Waals surface area (Å²) in [6.07, 6.45) is 2.94. The topological polar surface area (TPSA) is 71.1 Å². The van der Waals surface area contributed by atoms with Crippen molar-refractivity contribution in [3.05, 3.63) is 52.0 Å². The number of benzene rings is 1. The molecule has 0 spiro atoms. The normalized spacial score (nSPS) is 10.7. The van der Waals surface area contributed by atoms with E-state index >= 15 is 0 Å². The van der Waals surface area contributed by atoms with Crippen LogP contribution in [0.3, 0.4) is 0 Å². The number of hydrogen-bond donors (Lipinski definition) is 2. The number of thiazole rings is 1. The SMILES string of the molecule is Cc1ccc(SCC(=O)NNC(=O)/C=C/c2csc(C)n2)cc1. The van der Waals surface area contributed by atoms with Crippen molar-refractivity contribution in [1.29, 1.82) is 0 Å². The van der Waals surface area contributed by atoms with E-state index in [9.17, 15) is 9.59 Å². The molecule has 2 amide bonds. The third-order valence-electron chi connectivity index (χ3n) is 2.76. The molecule has 7 heteroatoms. The second kappa shape index (κ2) is 8.50. The van der Waals surface area contributed by atoms with Gasteiger partial charge < -0.3 is 0 Å². The Kier molecular flexibility index (Phi) is 6.37. The number of nitrogens with one attached hydrogen (secondary N) is 2. The van der Waals surface area contributed by atoms with Crippen LogP contribution in [0.15, 0.2) is 40.6 Å². The molecule has 1 heterocycles. The van der Waals surface area contributed by atoms with Gasteiger partial charge >= 0.3 is 0 Å². The first-order valence-electron chi connectivity index (χ1n) is 6.91. The summed E-state index contributed by atoms with van der Waals surface area (Å²) in [5, 5.41) is 2.79. The molecular weight excluding hydrogens is 330 g/mol. The van der Waals surface area contributed by atoms with Gasteiger partial charge in [-0.1, -0.05) is 17.7 Å². The molecule has 0 unspecified atom stereocenters. The summed E-state index contributed by atoms with van der Waals surface area (Å²) < 4.78 is 0. The van der Waals surface area contributed by atoms with Gasteiger partial charge in [0.15, 0.2) is 0 Å². The Labute approximate surface area is 143 Å². The average Bonchev–Trinajstić information content (AvgIpc) is 2.96. The fourth-order valence-corrected chi connectivity index (χ4v) is 2.89. The average molecular weight is 347 g/mol. The fraction of sp³-hybridized carbons (Fsp3) is 0.188. The Morgan fingerprint density at radius 2 is 1.96 bits per heavy atom. The molecule has 0 bridgehead atoms. The summed E-state index contributed by atoms with van der Waals surface area (Å²) >= 11 is 2.92. The molecule has 2 rings (SSSR count). The molecule has 0 aliphatic rings. The van der Waals surface area contributed by atoms with Crippen molar-refractivity contribution in [1.82, 2.24) is 15.8 Å². The van der Waals surface area contributed by atoms with Crippen molar-refractivity contribution in [2.45, 2.75) is 18.7 Å². The Hall–Kier alpha value is -2.12. The van der Waals surface area contributed by atoms with Gasteiger partial charge in [0.1, 0.15) is 0 Å². The van der Waals surface area contributed by atoms with E-state index in [4.69, 9.17) is 0 Å². The largest absolute Gasteiger partial charge is 0.272 e. The van der Waals surface area contributed by atoms with E-state index < -0.39 is 5.91 Å². The molecule has 2 N–H and O–H groups in total. The molecule has 0 fully saturated rings. The number of aryl methyl sites for hydroxylation is 2. The first kappa shape index (κ1) is 17.2. The molecule has 0 atom stereocenters. The molecule has 5 nitrogen and oxygen atoms in total. The lowest BCUT2D eigenvalue weighted by Crippen LogP contribution is -2.41. The van der Waals surface area contributed by atoms with Crippen LogP contribution in [0, 0.1) is 13.8 Å². The van der Waals surface area contributed by atoms with Crippen LogP contribution >= 0.6 is 23.1 Å². The predicted molar refractivity (Wildman–Crippen MR) is 94.1 cm³/mol. The number of amides is 2. The lowest BCUT2D eigenvalue weighted by Gasteiger charge is -2.05. The van der Waals surface area contributed by atoms with Gasteiger partial charge in [0.2, 0.25) is 5.91 Å². The van der Waals surface area contributed by atoms with E-state index in [0.717, 1.165) is 15.6 Å². The van der Waals surface area contributed by atoms with Gasteiger partial charge in [-0.3, -0.25) is 20.4 Å². The van der Waals surface area contributed by atoms with Crippen LogP contribution in [0.5, 0.6) is 0 Å². The zero-order valence-electron chi connectivity index (χ0n) is 12.8. The molecule has 0 aliphatic carbocycles. The third-order valence-corrected chi connectivity index (χ3v) is 4.56. The molecule has 120 valence electrons. The molecule has 2 aromatic rings. The van der Waals surface area contributed by atoms with E-state index in [-0.39, 0.29) is 11.7 Å². The monoisotopic (exact) mass is 347 g/mol. The highest BCUT2D eigenvalue weighted by atomic mass is 32.2. The van der Waals surface area contributed by atoms with E-state index in [1.165, 1.54) is 34.7 Å². The highest BCUT2D eigenvalue weighted by Crippen LogP contribution is 2.17. The first-order chi connectivity index (χ1) is 11.0. The van der Waals surface area contributed by atoms with Gasteiger partial charge in [0.05, 0.1) is 16.5 Å². The van der Waals surface area contributed by atoms with Crippen molar-refractivity contribution in [3.8, 4) is 0 Å². The second-order valence-electron chi connectivity index (χ2n) is 4.76. The Morgan fingerprint density at radius 3 is 2.61 bits per heavy atom.